The number of benzene rings is 6. The monoisotopic (exact) mass is 1260 g/mol. The molecule has 0 N–H and O–H groups in total. The average molecular weight is 1260 g/mol. The van der Waals surface area contributed by atoms with E-state index in [0.29, 0.717) is 0 Å². The predicted molar refractivity (Wildman–Crippen MR) is 356 cm³/mol. The van der Waals surface area contributed by atoms with Crippen LogP contribution in [-0.4, -0.2) is 62.0 Å². The summed E-state index contributed by atoms with van der Waals surface area (Å²) in [5, 5.41) is 14.3. The van der Waals surface area contributed by atoms with Gasteiger partial charge in [0.1, 0.15) is 19.6 Å². The van der Waals surface area contributed by atoms with Gasteiger partial charge in [0, 0.05) is 20.9 Å². The lowest BCUT2D eigenvalue weighted by molar-refractivity contribution is -0.156. The van der Waals surface area contributed by atoms with Crippen molar-refractivity contribution in [3.05, 3.63) is 151 Å². The second-order valence-electron chi connectivity index (χ2n) is 15.7. The summed E-state index contributed by atoms with van der Waals surface area (Å²) >= 11 is 29.2. The lowest BCUT2D eigenvalue weighted by Gasteiger charge is -2.13. The third-order valence-electron chi connectivity index (χ3n) is 11.7. The van der Waals surface area contributed by atoms with Crippen molar-refractivity contribution in [1.82, 2.24) is 0 Å². The first-order valence-corrected chi connectivity index (χ1v) is 38.4. The molecule has 20 heteroatoms. The smallest absolute Gasteiger partial charge is 0.317 e. The molecule has 0 fully saturated rings. The fourth-order valence-corrected chi connectivity index (χ4v) is 29.1. The number of carbonyl (C=O) groups is 2. The normalized spacial score (nSPS) is 16.4. The molecule has 6 aromatic rings. The van der Waals surface area contributed by atoms with Crippen molar-refractivity contribution in [1.29, 1.82) is 0 Å². The van der Waals surface area contributed by atoms with Crippen LogP contribution in [0.25, 0.3) is 60.0 Å². The molecule has 376 valence electrons. The van der Waals surface area contributed by atoms with Crippen LogP contribution < -0.4 is 20.9 Å². The van der Waals surface area contributed by atoms with E-state index in [9.17, 15) is 9.59 Å². The summed E-state index contributed by atoms with van der Waals surface area (Å²) in [5.74, 6) is -1.24. The van der Waals surface area contributed by atoms with E-state index in [2.05, 4.69) is 135 Å². The van der Waals surface area contributed by atoms with E-state index in [1.807, 2.05) is 94.1 Å². The van der Waals surface area contributed by atoms with Crippen LogP contribution in [0, 0.1) is 0 Å². The van der Waals surface area contributed by atoms with Gasteiger partial charge in [0.25, 0.3) is 0 Å². The Morgan fingerprint density at radius 3 is 0.822 bits per heavy atom. The highest BCUT2D eigenvalue weighted by Gasteiger charge is 2.28. The molecule has 0 aromatic heterocycles. The first kappa shape index (κ1) is 55.6. The van der Waals surface area contributed by atoms with Gasteiger partial charge in [-0.25, -0.2) is 0 Å². The quantitative estimate of drug-likeness (QED) is 0.0590. The Hall–Kier alpha value is -0.660. The maximum atomic E-state index is 13.5. The topological polar surface area (TPSA) is 52.6 Å². The molecule has 0 saturated carbocycles. The standard InChI is InChI=1S/C53H44O4S16/c1-58-46-47(59-2)67-42(66-46)38-28-13-9-11-15-30(28)40(44-70-50(62-5)51(63-6)71-44)34-21-26(17-19-32(34)38)24-56-36(54)23-37(55)57-25-27-18-20-33-35(22-27)41(45-72-52(64-7)53(65-8)73-45)31-16-12-10-14-29(31)39(33)43-68-48(60-3)49(61-4)69-43/h9-22H,23-25H2,1-8H3. The van der Waals surface area contributed by atoms with Crippen molar-refractivity contribution in [2.24, 2.45) is 0 Å². The Kier molecular flexibility index (Phi) is 19.2. The molecule has 4 aliphatic rings. The molecular formula is C53H44O4S16. The number of hydrogen-bond donors (Lipinski definition) is 0. The fourth-order valence-electron chi connectivity index (χ4n) is 8.56. The number of hydrogen-bond acceptors (Lipinski definition) is 20. The van der Waals surface area contributed by atoms with E-state index < -0.39 is 18.4 Å². The van der Waals surface area contributed by atoms with Crippen LogP contribution in [0.5, 0.6) is 0 Å². The van der Waals surface area contributed by atoms with Gasteiger partial charge in [0.05, 0.1) is 50.8 Å². The molecule has 0 amide bonds. The van der Waals surface area contributed by atoms with Crippen LogP contribution in [0.4, 0.5) is 0 Å². The minimum absolute atomic E-state index is 0.0322. The molecule has 4 aliphatic heterocycles. The second-order valence-corrected chi connectivity index (χ2v) is 33.5. The number of thioether (sulfide) groups is 16. The molecule has 0 saturated heterocycles. The van der Waals surface area contributed by atoms with E-state index in [0.717, 1.165) is 21.9 Å². The van der Waals surface area contributed by atoms with Crippen LogP contribution in [0.3, 0.4) is 0 Å². The summed E-state index contributed by atoms with van der Waals surface area (Å²) in [6, 6.07) is 30.4. The second kappa shape index (κ2) is 25.2. The van der Waals surface area contributed by atoms with Crippen molar-refractivity contribution in [2.45, 2.75) is 19.6 Å². The Morgan fingerprint density at radius 1 is 0.342 bits per heavy atom. The Balaban J connectivity index is 0.941. The molecule has 6 aromatic carbocycles. The number of esters is 2. The minimum atomic E-state index is -0.620. The first-order chi connectivity index (χ1) is 35.6. The van der Waals surface area contributed by atoms with Crippen molar-refractivity contribution < 1.29 is 19.1 Å². The van der Waals surface area contributed by atoms with Crippen molar-refractivity contribution in [2.75, 3.05) is 50.0 Å². The SMILES string of the molecule is CSC1=C(SC)SC(=c2c3ccccc3c(=C3SC(SC)=C(SC)S3)c3cc(COC(=O)CC(=O)OCc4ccc5c(=C6SC(SC)=C(SC)S6)c6ccccc6c(=C6SC(SC)=C(SC)S6)c5c4)ccc23)S1. The van der Waals surface area contributed by atoms with E-state index in [1.54, 1.807) is 94.1 Å². The lowest BCUT2D eigenvalue weighted by atomic mass is 9.97. The van der Waals surface area contributed by atoms with Crippen LogP contribution >= 0.6 is 188 Å². The summed E-state index contributed by atoms with van der Waals surface area (Å²) in [7, 11) is 0. The molecule has 0 radical (unpaired) electrons. The predicted octanol–water partition coefficient (Wildman–Crippen LogP) is 17.1. The molecule has 0 aliphatic carbocycles. The fraction of sp³-hybridized carbons (Fsp3) is 0.208. The van der Waals surface area contributed by atoms with E-state index >= 15 is 0 Å². The maximum absolute atomic E-state index is 13.5. The van der Waals surface area contributed by atoms with Gasteiger partial charge in [0.15, 0.2) is 0 Å². The van der Waals surface area contributed by atoms with Crippen LogP contribution in [-0.2, 0) is 32.3 Å². The minimum Gasteiger partial charge on any atom is -0.460 e. The van der Waals surface area contributed by atoms with Gasteiger partial charge < -0.3 is 9.47 Å². The van der Waals surface area contributed by atoms with Gasteiger partial charge >= 0.3 is 11.9 Å². The number of carbonyl (C=O) groups excluding carboxylic acids is 2. The van der Waals surface area contributed by atoms with Gasteiger partial charge in [-0.3, -0.25) is 9.59 Å². The molecule has 0 bridgehead atoms. The highest BCUT2D eigenvalue weighted by atomic mass is 32.3. The third kappa shape index (κ3) is 11.4. The van der Waals surface area contributed by atoms with Crippen molar-refractivity contribution in [3.63, 3.8) is 0 Å². The summed E-state index contributed by atoms with van der Waals surface area (Å²) in [6.07, 6.45) is 16.7. The Morgan fingerprint density at radius 2 is 0.575 bits per heavy atom. The summed E-state index contributed by atoms with van der Waals surface area (Å²) in [4.78, 5) is 27.0. The van der Waals surface area contributed by atoms with Gasteiger partial charge in [-0.1, -0.05) is 167 Å². The lowest BCUT2D eigenvalue weighted by Crippen LogP contribution is -2.18. The van der Waals surface area contributed by atoms with E-state index in [1.165, 1.54) is 104 Å². The molecular weight excluding hydrogens is 1210 g/mol. The van der Waals surface area contributed by atoms with Gasteiger partial charge in [-0.15, -0.1) is 94.1 Å². The molecule has 4 heterocycles. The largest absolute Gasteiger partial charge is 0.460 e. The summed E-state index contributed by atoms with van der Waals surface area (Å²) < 4.78 is 27.4. The highest BCUT2D eigenvalue weighted by Crippen LogP contribution is 2.60. The van der Waals surface area contributed by atoms with Crippen molar-refractivity contribution in [3.8, 4) is 0 Å². The summed E-state index contributed by atoms with van der Waals surface area (Å²) in [6.45, 7) is 0.0644. The molecule has 0 unspecified atom stereocenters. The van der Waals surface area contributed by atoms with Crippen molar-refractivity contribution >= 4 is 260 Å². The Labute approximate surface area is 493 Å². The number of rotatable bonds is 14. The van der Waals surface area contributed by atoms with Gasteiger partial charge in [0.2, 0.25) is 0 Å². The maximum Gasteiger partial charge on any atom is 0.317 e. The number of fused-ring (bicyclic) bond motifs is 4. The van der Waals surface area contributed by atoms with Crippen LogP contribution in [0.1, 0.15) is 17.5 Å². The molecule has 0 atom stereocenters. The number of ether oxygens (including phenoxy) is 2. The zero-order valence-corrected chi connectivity index (χ0v) is 53.4. The average Bonchev–Trinajstić information content (AvgIpc) is 4.24. The van der Waals surface area contributed by atoms with Crippen LogP contribution in [0.15, 0.2) is 119 Å². The zero-order valence-electron chi connectivity index (χ0n) is 40.4. The molecule has 10 rings (SSSR count). The summed E-state index contributed by atoms with van der Waals surface area (Å²) in [5.41, 5.74) is 1.71. The van der Waals surface area contributed by atoms with Gasteiger partial charge in [-0.05, 0) is 116 Å². The van der Waals surface area contributed by atoms with E-state index in [4.69, 9.17) is 9.47 Å². The molecule has 4 nitrogen and oxygen atoms in total. The van der Waals surface area contributed by atoms with Gasteiger partial charge in [-0.2, -0.15) is 0 Å². The molecule has 73 heavy (non-hydrogen) atoms. The molecule has 0 spiro atoms. The zero-order chi connectivity index (χ0) is 50.9. The first-order valence-electron chi connectivity index (χ1n) is 22.1. The highest BCUT2D eigenvalue weighted by molar-refractivity contribution is 8.47. The Bertz CT molecular complexity index is 3400. The van der Waals surface area contributed by atoms with E-state index in [-0.39, 0.29) is 13.2 Å². The van der Waals surface area contributed by atoms with Crippen LogP contribution in [0.2, 0.25) is 0 Å². The third-order valence-corrected chi connectivity index (χ3v) is 32.6.